The Morgan fingerprint density at radius 1 is 1.06 bits per heavy atom. The maximum absolute atomic E-state index is 13.7. The van der Waals surface area contributed by atoms with E-state index in [1.807, 2.05) is 25.1 Å². The lowest BCUT2D eigenvalue weighted by molar-refractivity contribution is -0.118. The molecule has 0 fully saturated rings. The van der Waals surface area contributed by atoms with E-state index in [4.69, 9.17) is 9.15 Å². The van der Waals surface area contributed by atoms with Gasteiger partial charge in [-0.05, 0) is 50.5 Å². The van der Waals surface area contributed by atoms with Crippen LogP contribution in [0.4, 0.5) is 10.1 Å². The van der Waals surface area contributed by atoms with E-state index < -0.39 is 11.7 Å². The lowest BCUT2D eigenvalue weighted by Gasteiger charge is -2.22. The number of para-hydroxylation sites is 2. The van der Waals surface area contributed by atoms with Gasteiger partial charge in [-0.3, -0.25) is 14.5 Å². The molecule has 3 rings (SSSR count). The Morgan fingerprint density at radius 3 is 2.52 bits per heavy atom. The molecule has 1 heterocycles. The van der Waals surface area contributed by atoms with Gasteiger partial charge in [0.15, 0.2) is 6.61 Å². The third kappa shape index (κ3) is 5.93. The van der Waals surface area contributed by atoms with Gasteiger partial charge in [-0.15, -0.1) is 0 Å². The normalized spacial score (nSPS) is 11.7. The number of rotatable bonds is 9. The maximum atomic E-state index is 13.7. The van der Waals surface area contributed by atoms with Crippen molar-refractivity contribution in [2.24, 2.45) is 0 Å². The van der Waals surface area contributed by atoms with Gasteiger partial charge in [0.2, 0.25) is 0 Å². The van der Waals surface area contributed by atoms with Crippen molar-refractivity contribution >= 4 is 17.5 Å². The number of anilines is 1. The molecule has 31 heavy (non-hydrogen) atoms. The van der Waals surface area contributed by atoms with Crippen LogP contribution in [0.15, 0.2) is 71.3 Å². The van der Waals surface area contributed by atoms with Gasteiger partial charge in [-0.2, -0.15) is 0 Å². The van der Waals surface area contributed by atoms with Gasteiger partial charge in [0, 0.05) is 6.54 Å². The summed E-state index contributed by atoms with van der Waals surface area (Å²) in [5, 5.41) is 5.32. The molecule has 162 valence electrons. The second-order valence-corrected chi connectivity index (χ2v) is 7.02. The van der Waals surface area contributed by atoms with Gasteiger partial charge in [-0.1, -0.05) is 24.3 Å². The third-order valence-electron chi connectivity index (χ3n) is 4.59. The van der Waals surface area contributed by atoms with Crippen molar-refractivity contribution in [3.63, 3.8) is 0 Å². The van der Waals surface area contributed by atoms with Crippen molar-refractivity contribution in [2.75, 3.05) is 32.6 Å². The van der Waals surface area contributed by atoms with Crippen LogP contribution in [0.5, 0.6) is 5.75 Å². The Morgan fingerprint density at radius 2 is 1.81 bits per heavy atom. The predicted molar refractivity (Wildman–Crippen MR) is 114 cm³/mol. The first-order valence-corrected chi connectivity index (χ1v) is 9.70. The van der Waals surface area contributed by atoms with Crippen LogP contribution in [0.2, 0.25) is 0 Å². The number of amides is 2. The number of likely N-dealkylation sites (N-methyl/N-ethyl adjacent to an activating group) is 1. The molecule has 2 N–H and O–H groups in total. The summed E-state index contributed by atoms with van der Waals surface area (Å²) in [6.07, 6.45) is 1.59. The molecule has 3 aromatic rings. The molecule has 8 heteroatoms. The van der Waals surface area contributed by atoms with E-state index in [2.05, 4.69) is 10.6 Å². The van der Waals surface area contributed by atoms with Crippen LogP contribution < -0.4 is 15.4 Å². The van der Waals surface area contributed by atoms with Gasteiger partial charge in [-0.25, -0.2) is 4.39 Å². The van der Waals surface area contributed by atoms with Crippen LogP contribution in [-0.2, 0) is 4.79 Å². The molecule has 0 spiro atoms. The summed E-state index contributed by atoms with van der Waals surface area (Å²) in [6.45, 7) is -0.0488. The average molecular weight is 425 g/mol. The second kappa shape index (κ2) is 10.4. The molecule has 0 radical (unpaired) electrons. The summed E-state index contributed by atoms with van der Waals surface area (Å²) >= 11 is 0. The van der Waals surface area contributed by atoms with E-state index in [0.717, 1.165) is 5.76 Å². The Kier molecular flexibility index (Phi) is 7.40. The molecule has 2 aromatic carbocycles. The highest BCUT2D eigenvalue weighted by molar-refractivity contribution is 5.97. The molecule has 1 unspecified atom stereocenters. The van der Waals surface area contributed by atoms with Crippen LogP contribution in [0, 0.1) is 5.82 Å². The van der Waals surface area contributed by atoms with E-state index in [9.17, 15) is 14.0 Å². The molecule has 2 amide bonds. The number of hydrogen-bond acceptors (Lipinski definition) is 5. The van der Waals surface area contributed by atoms with Crippen molar-refractivity contribution in [3.8, 4) is 5.75 Å². The Labute approximate surface area is 179 Å². The topological polar surface area (TPSA) is 83.8 Å². The van der Waals surface area contributed by atoms with Crippen LogP contribution in [-0.4, -0.2) is 44.0 Å². The minimum absolute atomic E-state index is 0.0646. The van der Waals surface area contributed by atoms with E-state index >= 15 is 0 Å². The van der Waals surface area contributed by atoms with Crippen molar-refractivity contribution in [2.45, 2.75) is 6.04 Å². The highest BCUT2D eigenvalue weighted by Gasteiger charge is 2.20. The van der Waals surface area contributed by atoms with E-state index in [1.54, 1.807) is 42.7 Å². The number of carbonyl (C=O) groups is 2. The lowest BCUT2D eigenvalue weighted by atomic mass is 10.1. The Bertz CT molecular complexity index is 1020. The summed E-state index contributed by atoms with van der Waals surface area (Å²) in [6, 6.07) is 16.0. The first-order valence-electron chi connectivity index (χ1n) is 9.70. The molecule has 1 atom stereocenters. The van der Waals surface area contributed by atoms with Gasteiger partial charge < -0.3 is 19.8 Å². The molecular weight excluding hydrogens is 401 g/mol. The number of ether oxygens (including phenoxy) is 1. The van der Waals surface area contributed by atoms with Gasteiger partial charge in [0.25, 0.3) is 11.8 Å². The van der Waals surface area contributed by atoms with Crippen LogP contribution >= 0.6 is 0 Å². The molecule has 0 saturated heterocycles. The fourth-order valence-electron chi connectivity index (χ4n) is 2.98. The maximum Gasteiger partial charge on any atom is 0.262 e. The zero-order valence-electron chi connectivity index (χ0n) is 17.3. The summed E-state index contributed by atoms with van der Waals surface area (Å²) in [4.78, 5) is 26.8. The fraction of sp³-hybridized carbons (Fsp3) is 0.217. The minimum Gasteiger partial charge on any atom is -0.483 e. The van der Waals surface area contributed by atoms with Gasteiger partial charge in [0.1, 0.15) is 17.3 Å². The van der Waals surface area contributed by atoms with E-state index in [-0.39, 0.29) is 35.6 Å². The first kappa shape index (κ1) is 22.0. The molecule has 0 aliphatic rings. The summed E-state index contributed by atoms with van der Waals surface area (Å²) < 4.78 is 24.7. The summed E-state index contributed by atoms with van der Waals surface area (Å²) in [5.41, 5.74) is 0.355. The fourth-order valence-corrected chi connectivity index (χ4v) is 2.98. The molecule has 0 saturated carbocycles. The van der Waals surface area contributed by atoms with Crippen molar-refractivity contribution in [1.29, 1.82) is 0 Å². The Balaban J connectivity index is 1.61. The van der Waals surface area contributed by atoms with Crippen molar-refractivity contribution in [3.05, 3.63) is 84.1 Å². The molecule has 0 aliphatic heterocycles. The van der Waals surface area contributed by atoms with Crippen LogP contribution in [0.1, 0.15) is 22.2 Å². The number of benzene rings is 2. The monoisotopic (exact) mass is 425 g/mol. The Hall–Kier alpha value is -3.65. The van der Waals surface area contributed by atoms with Crippen molar-refractivity contribution < 1.29 is 23.1 Å². The number of nitrogens with one attached hydrogen (secondary N) is 2. The molecule has 1 aromatic heterocycles. The number of furan rings is 1. The van der Waals surface area contributed by atoms with Crippen LogP contribution in [0.25, 0.3) is 0 Å². The highest BCUT2D eigenvalue weighted by Crippen LogP contribution is 2.20. The predicted octanol–water partition coefficient (Wildman–Crippen LogP) is 3.47. The molecular formula is C23H24FN3O4. The summed E-state index contributed by atoms with van der Waals surface area (Å²) in [5.74, 6) is -0.431. The average Bonchev–Trinajstić information content (AvgIpc) is 3.28. The quantitative estimate of drug-likeness (QED) is 0.549. The van der Waals surface area contributed by atoms with Gasteiger partial charge in [0.05, 0.1) is 23.6 Å². The van der Waals surface area contributed by atoms with E-state index in [1.165, 1.54) is 18.2 Å². The number of halogens is 1. The van der Waals surface area contributed by atoms with E-state index in [0.29, 0.717) is 6.54 Å². The first-order chi connectivity index (χ1) is 15.0. The van der Waals surface area contributed by atoms with Crippen molar-refractivity contribution in [1.82, 2.24) is 10.2 Å². The van der Waals surface area contributed by atoms with Crippen LogP contribution in [0.3, 0.4) is 0 Å². The summed E-state index contributed by atoms with van der Waals surface area (Å²) in [7, 11) is 3.79. The lowest BCUT2D eigenvalue weighted by Crippen LogP contribution is -2.34. The number of hydrogen-bond donors (Lipinski definition) is 2. The SMILES string of the molecule is CN(C)C(CNC(=O)c1ccccc1OCC(=O)Nc1ccccc1F)c1ccco1. The zero-order chi connectivity index (χ0) is 22.2. The largest absolute Gasteiger partial charge is 0.483 e. The smallest absolute Gasteiger partial charge is 0.262 e. The standard InChI is InChI=1S/C23H24FN3O4/c1-27(2)19(21-12-7-13-30-21)14-25-23(29)16-8-3-6-11-20(16)31-15-22(28)26-18-10-5-4-9-17(18)24/h3-13,19H,14-15H2,1-2H3,(H,25,29)(H,26,28). The third-order valence-corrected chi connectivity index (χ3v) is 4.59. The second-order valence-electron chi connectivity index (χ2n) is 7.02. The van der Waals surface area contributed by atoms with Gasteiger partial charge >= 0.3 is 0 Å². The minimum atomic E-state index is -0.539. The molecule has 0 bridgehead atoms. The zero-order valence-corrected chi connectivity index (χ0v) is 17.3. The highest BCUT2D eigenvalue weighted by atomic mass is 19.1. The molecule has 7 nitrogen and oxygen atoms in total. The molecule has 0 aliphatic carbocycles. The number of carbonyl (C=O) groups excluding carboxylic acids is 2. The number of nitrogens with zero attached hydrogens (tertiary/aromatic N) is 1.